The highest BCUT2D eigenvalue weighted by Gasteiger charge is 2.39. The number of benzene rings is 1. The van der Waals surface area contributed by atoms with Gasteiger partial charge in [0.15, 0.2) is 0 Å². The van der Waals surface area contributed by atoms with Crippen LogP contribution in [0.4, 0.5) is 13.2 Å². The Morgan fingerprint density at radius 1 is 1.38 bits per heavy atom. The average molecular weight is 229 g/mol. The maximum absolute atomic E-state index is 13.4. The van der Waals surface area contributed by atoms with Crippen LogP contribution in [0.25, 0.3) is 0 Å². The molecule has 88 valence electrons. The van der Waals surface area contributed by atoms with Crippen LogP contribution in [0.1, 0.15) is 30.9 Å². The lowest BCUT2D eigenvalue weighted by Gasteiger charge is -2.14. The van der Waals surface area contributed by atoms with E-state index in [1.165, 1.54) is 6.07 Å². The number of nitrogens with two attached hydrogens (primary N) is 1. The molecule has 1 aliphatic carbocycles. The van der Waals surface area contributed by atoms with E-state index in [-0.39, 0.29) is 11.1 Å². The first-order valence-electron chi connectivity index (χ1n) is 5.26. The molecule has 0 bridgehead atoms. The van der Waals surface area contributed by atoms with Gasteiger partial charge in [-0.1, -0.05) is 6.07 Å². The summed E-state index contributed by atoms with van der Waals surface area (Å²) in [5.74, 6) is -3.39. The Balaban J connectivity index is 2.29. The van der Waals surface area contributed by atoms with Crippen molar-refractivity contribution in [3.8, 4) is 0 Å². The van der Waals surface area contributed by atoms with Crippen LogP contribution in [0.15, 0.2) is 18.2 Å². The van der Waals surface area contributed by atoms with Crippen LogP contribution in [-0.2, 0) is 12.3 Å². The summed E-state index contributed by atoms with van der Waals surface area (Å²) in [6.07, 6.45) is 2.00. The Morgan fingerprint density at radius 3 is 2.50 bits per heavy atom. The SMILES string of the molecule is CC(F)(F)c1ccc(F)c(CC2(N)CC2)c1. The minimum absolute atomic E-state index is 0.159. The van der Waals surface area contributed by atoms with E-state index in [0.29, 0.717) is 12.0 Å². The molecule has 16 heavy (non-hydrogen) atoms. The fraction of sp³-hybridized carbons (Fsp3) is 0.500. The van der Waals surface area contributed by atoms with E-state index in [0.717, 1.165) is 31.9 Å². The van der Waals surface area contributed by atoms with Gasteiger partial charge in [-0.25, -0.2) is 13.2 Å². The molecule has 4 heteroatoms. The summed E-state index contributed by atoms with van der Waals surface area (Å²) in [7, 11) is 0. The Morgan fingerprint density at radius 2 is 2.00 bits per heavy atom. The second-order valence-electron chi connectivity index (χ2n) is 4.73. The molecule has 1 saturated carbocycles. The standard InChI is InChI=1S/C12H14F3N/c1-11(14,15)9-2-3-10(13)8(6-9)7-12(16)4-5-12/h2-3,6H,4-5,7,16H2,1H3. The molecule has 1 fully saturated rings. The second-order valence-corrected chi connectivity index (χ2v) is 4.73. The summed E-state index contributed by atoms with van der Waals surface area (Å²) in [5, 5.41) is 0. The van der Waals surface area contributed by atoms with Crippen LogP contribution >= 0.6 is 0 Å². The Kier molecular flexibility index (Phi) is 2.49. The molecule has 0 amide bonds. The average Bonchev–Trinajstić information content (AvgIpc) is 2.86. The van der Waals surface area contributed by atoms with Crippen molar-refractivity contribution in [1.82, 2.24) is 0 Å². The quantitative estimate of drug-likeness (QED) is 0.847. The van der Waals surface area contributed by atoms with E-state index in [1.807, 2.05) is 0 Å². The molecule has 0 atom stereocenters. The van der Waals surface area contributed by atoms with Crippen molar-refractivity contribution < 1.29 is 13.2 Å². The van der Waals surface area contributed by atoms with Crippen LogP contribution in [0.2, 0.25) is 0 Å². The highest BCUT2D eigenvalue weighted by Crippen LogP contribution is 2.37. The van der Waals surface area contributed by atoms with Crippen LogP contribution in [0.3, 0.4) is 0 Å². The summed E-state index contributed by atoms with van der Waals surface area (Å²) in [5.41, 5.74) is 5.61. The van der Waals surface area contributed by atoms with E-state index >= 15 is 0 Å². The van der Waals surface area contributed by atoms with Crippen molar-refractivity contribution in [3.63, 3.8) is 0 Å². The molecule has 0 unspecified atom stereocenters. The fourth-order valence-electron chi connectivity index (χ4n) is 1.70. The summed E-state index contributed by atoms with van der Waals surface area (Å²) in [4.78, 5) is 0. The maximum Gasteiger partial charge on any atom is 0.270 e. The molecule has 0 spiro atoms. The fourth-order valence-corrected chi connectivity index (χ4v) is 1.70. The van der Waals surface area contributed by atoms with Crippen molar-refractivity contribution in [2.24, 2.45) is 5.73 Å². The van der Waals surface area contributed by atoms with E-state index < -0.39 is 11.7 Å². The molecule has 2 N–H and O–H groups in total. The van der Waals surface area contributed by atoms with E-state index in [9.17, 15) is 13.2 Å². The number of halogens is 3. The Labute approximate surface area is 92.5 Å². The third-order valence-electron chi connectivity index (χ3n) is 2.99. The molecule has 1 aliphatic rings. The molecule has 0 saturated heterocycles. The van der Waals surface area contributed by atoms with E-state index in [2.05, 4.69) is 0 Å². The summed E-state index contributed by atoms with van der Waals surface area (Å²) in [6, 6.07) is 3.44. The molecule has 0 radical (unpaired) electrons. The predicted octanol–water partition coefficient (Wildman–Crippen LogP) is 2.97. The zero-order chi connectivity index (χ0) is 12.0. The molecule has 0 aromatic heterocycles. The first-order chi connectivity index (χ1) is 7.30. The normalized spacial score (nSPS) is 18.6. The first kappa shape index (κ1) is 11.5. The van der Waals surface area contributed by atoms with Crippen LogP contribution in [0, 0.1) is 5.82 Å². The van der Waals surface area contributed by atoms with Gasteiger partial charge in [0.1, 0.15) is 5.82 Å². The van der Waals surface area contributed by atoms with Crippen LogP contribution < -0.4 is 5.73 Å². The zero-order valence-corrected chi connectivity index (χ0v) is 9.06. The summed E-state index contributed by atoms with van der Waals surface area (Å²) >= 11 is 0. The third kappa shape index (κ3) is 2.38. The van der Waals surface area contributed by atoms with Gasteiger partial charge in [0, 0.05) is 18.0 Å². The smallest absolute Gasteiger partial charge is 0.270 e. The molecule has 2 rings (SSSR count). The summed E-state index contributed by atoms with van der Waals surface area (Å²) in [6.45, 7) is 0.805. The lowest BCUT2D eigenvalue weighted by molar-refractivity contribution is 0.0173. The van der Waals surface area contributed by atoms with Gasteiger partial charge in [0.2, 0.25) is 0 Å². The second kappa shape index (κ2) is 3.48. The van der Waals surface area contributed by atoms with Crippen molar-refractivity contribution >= 4 is 0 Å². The van der Waals surface area contributed by atoms with Gasteiger partial charge in [-0.3, -0.25) is 0 Å². The molecule has 1 aromatic carbocycles. The topological polar surface area (TPSA) is 26.0 Å². The summed E-state index contributed by atoms with van der Waals surface area (Å²) < 4.78 is 39.5. The minimum atomic E-state index is -2.94. The number of rotatable bonds is 3. The van der Waals surface area contributed by atoms with E-state index in [4.69, 9.17) is 5.73 Å². The van der Waals surface area contributed by atoms with E-state index in [1.54, 1.807) is 0 Å². The minimum Gasteiger partial charge on any atom is -0.325 e. The largest absolute Gasteiger partial charge is 0.325 e. The van der Waals surface area contributed by atoms with Gasteiger partial charge in [0.25, 0.3) is 5.92 Å². The Bertz CT molecular complexity index is 405. The number of hydrogen-bond acceptors (Lipinski definition) is 1. The molecular weight excluding hydrogens is 215 g/mol. The number of hydrogen-bond donors (Lipinski definition) is 1. The van der Waals surface area contributed by atoms with Gasteiger partial charge in [0.05, 0.1) is 0 Å². The van der Waals surface area contributed by atoms with Gasteiger partial charge in [-0.15, -0.1) is 0 Å². The molecule has 0 aliphatic heterocycles. The van der Waals surface area contributed by atoms with Gasteiger partial charge < -0.3 is 5.73 Å². The van der Waals surface area contributed by atoms with Gasteiger partial charge >= 0.3 is 0 Å². The van der Waals surface area contributed by atoms with Crippen molar-refractivity contribution in [3.05, 3.63) is 35.1 Å². The number of alkyl halides is 2. The zero-order valence-electron chi connectivity index (χ0n) is 9.06. The van der Waals surface area contributed by atoms with Crippen molar-refractivity contribution in [2.75, 3.05) is 0 Å². The Hall–Kier alpha value is -1.03. The molecule has 1 aromatic rings. The van der Waals surface area contributed by atoms with Crippen LogP contribution in [-0.4, -0.2) is 5.54 Å². The third-order valence-corrected chi connectivity index (χ3v) is 2.99. The predicted molar refractivity (Wildman–Crippen MR) is 55.8 cm³/mol. The molecule has 1 nitrogen and oxygen atoms in total. The first-order valence-corrected chi connectivity index (χ1v) is 5.26. The highest BCUT2D eigenvalue weighted by atomic mass is 19.3. The van der Waals surface area contributed by atoms with Crippen LogP contribution in [0.5, 0.6) is 0 Å². The molecular formula is C12H14F3N. The molecule has 0 heterocycles. The van der Waals surface area contributed by atoms with Gasteiger partial charge in [-0.2, -0.15) is 0 Å². The highest BCUT2D eigenvalue weighted by molar-refractivity contribution is 5.30. The lowest BCUT2D eigenvalue weighted by atomic mass is 10.00. The maximum atomic E-state index is 13.4. The van der Waals surface area contributed by atoms with Gasteiger partial charge in [-0.05, 0) is 37.0 Å². The van der Waals surface area contributed by atoms with Crippen molar-refractivity contribution in [1.29, 1.82) is 0 Å². The lowest BCUT2D eigenvalue weighted by Crippen LogP contribution is -2.25. The van der Waals surface area contributed by atoms with Crippen molar-refractivity contribution in [2.45, 2.75) is 37.6 Å². The monoisotopic (exact) mass is 229 g/mol.